The molecule has 0 saturated heterocycles. The highest BCUT2D eigenvalue weighted by atomic mass is 35.5. The molecule has 0 rings (SSSR count). The Morgan fingerprint density at radius 2 is 2.56 bits per heavy atom. The molecule has 0 amide bonds. The quantitative estimate of drug-likeness (QED) is 0.339. The number of allylic oxidation sites excluding steroid dienone is 1. The van der Waals surface area contributed by atoms with E-state index in [-0.39, 0.29) is 6.42 Å². The number of rotatable bonds is 3. The van der Waals surface area contributed by atoms with Crippen molar-refractivity contribution >= 4 is 17.9 Å². The average Bonchev–Trinajstić information content (AvgIpc) is 1.87. The lowest BCUT2D eigenvalue weighted by Gasteiger charge is -1.94. The van der Waals surface area contributed by atoms with Gasteiger partial charge in [0, 0.05) is 6.42 Å². The highest BCUT2D eigenvalue weighted by Crippen LogP contribution is 2.05. The molecule has 1 unspecified atom stereocenters. The van der Waals surface area contributed by atoms with E-state index in [1.807, 2.05) is 0 Å². The summed E-state index contributed by atoms with van der Waals surface area (Å²) in [6.07, 6.45) is 0.855. The molecule has 0 aromatic heterocycles. The van der Waals surface area contributed by atoms with Crippen molar-refractivity contribution in [2.75, 3.05) is 0 Å². The Bertz CT molecular complexity index is 159. The average molecular weight is 144 g/mol. The van der Waals surface area contributed by atoms with Crippen molar-refractivity contribution in [1.82, 2.24) is 0 Å². The Balaban J connectivity index is 3.62. The van der Waals surface area contributed by atoms with Gasteiger partial charge in [-0.25, -0.2) is 0 Å². The van der Waals surface area contributed by atoms with Gasteiger partial charge in [-0.15, -0.1) is 11.6 Å². The molecule has 0 aliphatic rings. The lowest BCUT2D eigenvalue weighted by molar-refractivity contribution is -0.105. The van der Waals surface area contributed by atoms with E-state index in [4.69, 9.17) is 16.9 Å². The molecule has 9 heavy (non-hydrogen) atoms. The van der Waals surface area contributed by atoms with Gasteiger partial charge in [0.2, 0.25) is 0 Å². The van der Waals surface area contributed by atoms with Gasteiger partial charge < -0.3 is 0 Å². The van der Waals surface area contributed by atoms with Gasteiger partial charge in [0.05, 0.1) is 6.07 Å². The number of carbonyl (C=O) groups is 1. The summed E-state index contributed by atoms with van der Waals surface area (Å²) in [6, 6.07) is 1.78. The first-order chi connectivity index (χ1) is 4.20. The van der Waals surface area contributed by atoms with Crippen LogP contribution in [0, 0.1) is 11.3 Å². The summed E-state index contributed by atoms with van der Waals surface area (Å²) >= 11 is 5.36. The van der Waals surface area contributed by atoms with Crippen molar-refractivity contribution < 1.29 is 4.79 Å². The van der Waals surface area contributed by atoms with E-state index in [0.29, 0.717) is 11.9 Å². The van der Waals surface area contributed by atoms with Crippen molar-refractivity contribution in [1.29, 1.82) is 5.26 Å². The normalized spacial score (nSPS) is 11.6. The van der Waals surface area contributed by atoms with Crippen molar-refractivity contribution in [3.05, 3.63) is 12.2 Å². The molecule has 0 heterocycles. The first-order valence-corrected chi connectivity index (χ1v) is 2.81. The number of carbonyl (C=O) groups excluding carboxylic acids is 1. The fourth-order valence-corrected chi connectivity index (χ4v) is 0.522. The molecule has 0 aromatic carbocycles. The smallest absolute Gasteiger partial charge is 0.145 e. The largest absolute Gasteiger partial charge is 0.298 e. The van der Waals surface area contributed by atoms with E-state index >= 15 is 0 Å². The van der Waals surface area contributed by atoms with Gasteiger partial charge in [0.1, 0.15) is 11.7 Å². The molecule has 48 valence electrons. The number of hydrogen-bond donors (Lipinski definition) is 0. The van der Waals surface area contributed by atoms with Crippen LogP contribution in [0.15, 0.2) is 12.2 Å². The van der Waals surface area contributed by atoms with Crippen molar-refractivity contribution in [3.8, 4) is 6.07 Å². The molecule has 0 aliphatic heterocycles. The highest BCUT2D eigenvalue weighted by molar-refractivity contribution is 6.22. The molecule has 3 heteroatoms. The van der Waals surface area contributed by atoms with Gasteiger partial charge in [-0.05, 0) is 5.57 Å². The molecule has 0 spiro atoms. The molecule has 0 aliphatic carbocycles. The third-order valence-electron chi connectivity index (χ3n) is 0.748. The molecule has 0 aromatic rings. The van der Waals surface area contributed by atoms with Crippen molar-refractivity contribution in [2.45, 2.75) is 11.8 Å². The summed E-state index contributed by atoms with van der Waals surface area (Å²) in [5.74, 6) is 0. The van der Waals surface area contributed by atoms with Gasteiger partial charge in [0.15, 0.2) is 0 Å². The fourth-order valence-electron chi connectivity index (χ4n) is 0.324. The van der Waals surface area contributed by atoms with E-state index < -0.39 is 5.38 Å². The first kappa shape index (κ1) is 8.19. The Morgan fingerprint density at radius 3 is 2.89 bits per heavy atom. The van der Waals surface area contributed by atoms with Crippen LogP contribution < -0.4 is 0 Å². The number of halogens is 1. The van der Waals surface area contributed by atoms with Crippen LogP contribution in [0.4, 0.5) is 0 Å². The van der Waals surface area contributed by atoms with Gasteiger partial charge in [-0.1, -0.05) is 6.58 Å². The number of alkyl halides is 1. The minimum absolute atomic E-state index is 0.252. The van der Waals surface area contributed by atoms with Crippen LogP contribution in [0.3, 0.4) is 0 Å². The standard InChI is InChI=1S/C6H6ClNO/c1-5(4-9)2-6(7)3-8/h4,6H,1-2H2. The molecule has 0 bridgehead atoms. The third-order valence-corrected chi connectivity index (χ3v) is 1.00. The summed E-state index contributed by atoms with van der Waals surface area (Å²) < 4.78 is 0. The van der Waals surface area contributed by atoms with Crippen molar-refractivity contribution in [2.24, 2.45) is 0 Å². The summed E-state index contributed by atoms with van der Waals surface area (Å²) in [5.41, 5.74) is 0.358. The third kappa shape index (κ3) is 3.75. The van der Waals surface area contributed by atoms with E-state index in [0.717, 1.165) is 0 Å². The summed E-state index contributed by atoms with van der Waals surface area (Å²) in [4.78, 5) is 9.89. The maximum absolute atomic E-state index is 9.89. The molecule has 0 saturated carbocycles. The zero-order valence-electron chi connectivity index (χ0n) is 4.80. The van der Waals surface area contributed by atoms with Gasteiger partial charge in [-0.2, -0.15) is 5.26 Å². The predicted octanol–water partition coefficient (Wildman–Crippen LogP) is 1.26. The Kier molecular flexibility index (Phi) is 3.74. The van der Waals surface area contributed by atoms with Crippen LogP contribution in [0.1, 0.15) is 6.42 Å². The predicted molar refractivity (Wildman–Crippen MR) is 35.1 cm³/mol. The first-order valence-electron chi connectivity index (χ1n) is 2.37. The second-order valence-electron chi connectivity index (χ2n) is 1.58. The lowest BCUT2D eigenvalue weighted by atomic mass is 10.2. The molecular weight excluding hydrogens is 138 g/mol. The van der Waals surface area contributed by atoms with E-state index in [9.17, 15) is 4.79 Å². The van der Waals surface area contributed by atoms with E-state index in [1.54, 1.807) is 6.07 Å². The summed E-state index contributed by atoms with van der Waals surface area (Å²) in [7, 11) is 0. The van der Waals surface area contributed by atoms with Gasteiger partial charge >= 0.3 is 0 Å². The Labute approximate surface area is 58.7 Å². The Hall–Kier alpha value is -0.810. The maximum atomic E-state index is 9.89. The van der Waals surface area contributed by atoms with Crippen LogP contribution in [-0.4, -0.2) is 11.7 Å². The SMILES string of the molecule is C=C(C=O)CC(Cl)C#N. The minimum atomic E-state index is -0.623. The molecule has 1 atom stereocenters. The molecule has 0 N–H and O–H groups in total. The van der Waals surface area contributed by atoms with Crippen LogP contribution in [0.2, 0.25) is 0 Å². The zero-order chi connectivity index (χ0) is 7.28. The van der Waals surface area contributed by atoms with Crippen LogP contribution in [-0.2, 0) is 4.79 Å². The lowest BCUT2D eigenvalue weighted by Crippen LogP contribution is -1.95. The van der Waals surface area contributed by atoms with Crippen molar-refractivity contribution in [3.63, 3.8) is 0 Å². The fraction of sp³-hybridized carbons (Fsp3) is 0.333. The molecule has 0 radical (unpaired) electrons. The van der Waals surface area contributed by atoms with Crippen LogP contribution in [0.25, 0.3) is 0 Å². The Morgan fingerprint density at radius 1 is 2.00 bits per heavy atom. The minimum Gasteiger partial charge on any atom is -0.298 e. The van der Waals surface area contributed by atoms with E-state index in [2.05, 4.69) is 6.58 Å². The second kappa shape index (κ2) is 4.11. The monoisotopic (exact) mass is 143 g/mol. The summed E-state index contributed by atoms with van der Waals surface area (Å²) in [5, 5.41) is 7.52. The number of hydrogen-bond acceptors (Lipinski definition) is 2. The number of nitrogens with zero attached hydrogens (tertiary/aromatic N) is 1. The molecule has 0 fully saturated rings. The second-order valence-corrected chi connectivity index (χ2v) is 2.10. The van der Waals surface area contributed by atoms with Gasteiger partial charge in [-0.3, -0.25) is 4.79 Å². The molecular formula is C6H6ClNO. The topological polar surface area (TPSA) is 40.9 Å². The molecule has 2 nitrogen and oxygen atoms in total. The highest BCUT2D eigenvalue weighted by Gasteiger charge is 2.02. The maximum Gasteiger partial charge on any atom is 0.145 e. The van der Waals surface area contributed by atoms with Crippen LogP contribution in [0.5, 0.6) is 0 Å². The summed E-state index contributed by atoms with van der Waals surface area (Å²) in [6.45, 7) is 3.36. The van der Waals surface area contributed by atoms with Crippen LogP contribution >= 0.6 is 11.6 Å². The number of aldehydes is 1. The zero-order valence-corrected chi connectivity index (χ0v) is 5.56. The van der Waals surface area contributed by atoms with E-state index in [1.165, 1.54) is 0 Å². The number of nitriles is 1. The van der Waals surface area contributed by atoms with Gasteiger partial charge in [0.25, 0.3) is 0 Å².